The van der Waals surface area contributed by atoms with E-state index in [1.165, 1.54) is 18.7 Å². The third-order valence-corrected chi connectivity index (χ3v) is 10.1. The van der Waals surface area contributed by atoms with Crippen LogP contribution in [0.15, 0.2) is 101 Å². The van der Waals surface area contributed by atoms with Crippen LogP contribution in [0.2, 0.25) is 0 Å². The highest BCUT2D eigenvalue weighted by Gasteiger charge is 2.51. The first-order valence-electron chi connectivity index (χ1n) is 8.88. The zero-order valence-corrected chi connectivity index (χ0v) is 19.4. The summed E-state index contributed by atoms with van der Waals surface area (Å²) in [6.45, 7) is 1.53. The van der Waals surface area contributed by atoms with Gasteiger partial charge in [-0.15, -0.1) is 11.8 Å². The van der Waals surface area contributed by atoms with Gasteiger partial charge >= 0.3 is 0 Å². The molecule has 0 radical (unpaired) electrons. The predicted octanol–water partition coefficient (Wildman–Crippen LogP) is 1.85. The number of nitrogens with one attached hydrogen (secondary N) is 1. The van der Waals surface area contributed by atoms with Crippen LogP contribution >= 0.6 is 30.6 Å². The second-order valence-corrected chi connectivity index (χ2v) is 10.9. The number of carbonyl (C=O) groups excluding carboxylic acids is 1. The Morgan fingerprint density at radius 2 is 1.14 bits per heavy atom. The SMILES string of the molecule is CSC(Cl)=C(NC(C)=O)[P+](c1ccccc1)(c1ccccc1)c1ccccc1.[Cl-]. The maximum absolute atomic E-state index is 12.2. The Morgan fingerprint density at radius 1 is 0.793 bits per heavy atom. The van der Waals surface area contributed by atoms with Crippen molar-refractivity contribution in [2.75, 3.05) is 6.26 Å². The molecule has 150 valence electrons. The molecule has 0 aliphatic carbocycles. The molecule has 0 fully saturated rings. The van der Waals surface area contributed by atoms with E-state index in [0.717, 1.165) is 21.4 Å². The summed E-state index contributed by atoms with van der Waals surface area (Å²) in [4.78, 5) is 12.2. The van der Waals surface area contributed by atoms with Crippen LogP contribution in [0, 0.1) is 0 Å². The quantitative estimate of drug-likeness (QED) is 0.567. The van der Waals surface area contributed by atoms with Gasteiger partial charge in [0.15, 0.2) is 7.26 Å². The van der Waals surface area contributed by atoms with Crippen molar-refractivity contribution in [3.8, 4) is 0 Å². The standard InChI is InChI=1S/C23H21ClNOPS.ClH/c1-18(26)25-23(22(24)28-2)27(19-12-6-3-7-13-19,20-14-8-4-9-15-20)21-16-10-5-11-17-21;/h3-17H,1-2H3;1H. The fourth-order valence-electron chi connectivity index (χ4n) is 3.32. The molecule has 0 saturated heterocycles. The highest BCUT2D eigenvalue weighted by molar-refractivity contribution is 8.05. The number of amides is 1. The molecule has 0 saturated carbocycles. The van der Waals surface area contributed by atoms with Gasteiger partial charge < -0.3 is 12.4 Å². The summed E-state index contributed by atoms with van der Waals surface area (Å²) in [5.41, 5.74) is 0.776. The summed E-state index contributed by atoms with van der Waals surface area (Å²) >= 11 is 8.21. The lowest BCUT2D eigenvalue weighted by Crippen LogP contribution is -3.00. The molecule has 0 heterocycles. The first-order chi connectivity index (χ1) is 13.6. The molecule has 0 bridgehead atoms. The second kappa shape index (κ2) is 10.8. The predicted molar refractivity (Wildman–Crippen MR) is 125 cm³/mol. The second-order valence-electron chi connectivity index (χ2n) is 6.19. The van der Waals surface area contributed by atoms with Gasteiger partial charge in [-0.3, -0.25) is 10.1 Å². The van der Waals surface area contributed by atoms with Crippen LogP contribution in [0.5, 0.6) is 0 Å². The smallest absolute Gasteiger partial charge is 0.223 e. The summed E-state index contributed by atoms with van der Waals surface area (Å²) in [6, 6.07) is 31.0. The van der Waals surface area contributed by atoms with E-state index in [2.05, 4.69) is 41.7 Å². The number of hydrogen-bond donors (Lipinski definition) is 1. The molecule has 3 aromatic rings. The zero-order chi connectivity index (χ0) is 20.0. The van der Waals surface area contributed by atoms with Crippen molar-refractivity contribution in [3.63, 3.8) is 0 Å². The van der Waals surface area contributed by atoms with E-state index in [0.29, 0.717) is 4.36 Å². The van der Waals surface area contributed by atoms with Gasteiger partial charge in [0.2, 0.25) is 11.3 Å². The van der Waals surface area contributed by atoms with Gasteiger partial charge in [-0.1, -0.05) is 66.2 Å². The van der Waals surface area contributed by atoms with Gasteiger partial charge in [-0.05, 0) is 42.7 Å². The lowest BCUT2D eigenvalue weighted by Gasteiger charge is -2.29. The third-order valence-electron chi connectivity index (χ3n) is 4.43. The molecule has 0 aromatic heterocycles. The highest BCUT2D eigenvalue weighted by Crippen LogP contribution is 2.63. The number of benzene rings is 3. The molecule has 29 heavy (non-hydrogen) atoms. The number of carbonyl (C=O) groups is 1. The molecule has 0 atom stereocenters. The molecule has 0 aliphatic heterocycles. The Balaban J connectivity index is 0.00000300. The van der Waals surface area contributed by atoms with Crippen LogP contribution in [0.3, 0.4) is 0 Å². The first kappa shape index (κ1) is 23.5. The molecular weight excluding hydrogens is 440 g/mol. The van der Waals surface area contributed by atoms with Crippen molar-refractivity contribution in [1.82, 2.24) is 5.32 Å². The molecule has 6 heteroatoms. The molecule has 3 aromatic carbocycles. The van der Waals surface area contributed by atoms with Crippen molar-refractivity contribution < 1.29 is 17.2 Å². The number of halogens is 2. The van der Waals surface area contributed by atoms with Crippen molar-refractivity contribution in [3.05, 3.63) is 101 Å². The van der Waals surface area contributed by atoms with Crippen LogP contribution in [0.1, 0.15) is 6.92 Å². The van der Waals surface area contributed by atoms with E-state index >= 15 is 0 Å². The number of rotatable bonds is 6. The van der Waals surface area contributed by atoms with Crippen molar-refractivity contribution in [1.29, 1.82) is 0 Å². The molecule has 1 N–H and O–H groups in total. The molecule has 0 spiro atoms. The van der Waals surface area contributed by atoms with Crippen LogP contribution in [0.25, 0.3) is 0 Å². The zero-order valence-electron chi connectivity index (χ0n) is 16.2. The van der Waals surface area contributed by atoms with E-state index < -0.39 is 7.26 Å². The van der Waals surface area contributed by atoms with Gasteiger partial charge in [0.05, 0.1) is 0 Å². The molecule has 1 amide bonds. The lowest BCUT2D eigenvalue weighted by molar-refractivity contribution is -0.118. The number of thioether (sulfide) groups is 1. The fourth-order valence-corrected chi connectivity index (χ4v) is 8.79. The fraction of sp³-hybridized carbons (Fsp3) is 0.0870. The Morgan fingerprint density at radius 3 is 1.41 bits per heavy atom. The maximum Gasteiger partial charge on any atom is 0.223 e. The Kier molecular flexibility index (Phi) is 8.79. The van der Waals surface area contributed by atoms with Gasteiger partial charge in [0.1, 0.15) is 20.3 Å². The molecule has 0 unspecified atom stereocenters. The average Bonchev–Trinajstić information content (AvgIpc) is 2.75. The van der Waals surface area contributed by atoms with E-state index in [9.17, 15) is 4.79 Å². The monoisotopic (exact) mass is 461 g/mol. The largest absolute Gasteiger partial charge is 1.00 e. The van der Waals surface area contributed by atoms with Crippen LogP contribution in [0.4, 0.5) is 0 Å². The van der Waals surface area contributed by atoms with Gasteiger partial charge in [0, 0.05) is 6.92 Å². The summed E-state index contributed by atoms with van der Waals surface area (Å²) in [5, 5.41) is 6.53. The van der Waals surface area contributed by atoms with Gasteiger partial charge in [-0.25, -0.2) is 0 Å². The Bertz CT molecular complexity index is 869. The van der Waals surface area contributed by atoms with Gasteiger partial charge in [0.25, 0.3) is 0 Å². The summed E-state index contributed by atoms with van der Waals surface area (Å²) < 4.78 is 0.597. The topological polar surface area (TPSA) is 29.1 Å². The lowest BCUT2D eigenvalue weighted by atomic mass is 10.4. The molecule has 3 rings (SSSR count). The minimum absolute atomic E-state index is 0. The van der Waals surface area contributed by atoms with Crippen LogP contribution in [-0.4, -0.2) is 12.2 Å². The van der Waals surface area contributed by atoms with Crippen molar-refractivity contribution in [2.45, 2.75) is 6.92 Å². The highest BCUT2D eigenvalue weighted by atomic mass is 35.5. The molecular formula is C23H22Cl2NOPS. The summed E-state index contributed by atoms with van der Waals surface area (Å²) in [5.74, 6) is -0.130. The van der Waals surface area contributed by atoms with Crippen molar-refractivity contribution in [2.24, 2.45) is 0 Å². The molecule has 2 nitrogen and oxygen atoms in total. The van der Waals surface area contributed by atoms with Crippen LogP contribution < -0.4 is 33.6 Å². The Labute approximate surface area is 188 Å². The van der Waals surface area contributed by atoms with E-state index in [4.69, 9.17) is 11.6 Å². The van der Waals surface area contributed by atoms with E-state index in [-0.39, 0.29) is 18.3 Å². The summed E-state index contributed by atoms with van der Waals surface area (Å²) in [7, 11) is -2.40. The number of hydrogen-bond acceptors (Lipinski definition) is 2. The van der Waals surface area contributed by atoms with Crippen LogP contribution in [-0.2, 0) is 4.79 Å². The molecule has 0 aliphatic rings. The third kappa shape index (κ3) is 4.87. The summed E-state index contributed by atoms with van der Waals surface area (Å²) in [6.07, 6.45) is 1.93. The van der Waals surface area contributed by atoms with Crippen molar-refractivity contribution >= 4 is 52.4 Å². The van der Waals surface area contributed by atoms with E-state index in [1.807, 2.05) is 60.9 Å². The average molecular weight is 462 g/mol. The Hall–Kier alpha value is -1.77. The minimum Gasteiger partial charge on any atom is -1.00 e. The minimum atomic E-state index is -2.40. The van der Waals surface area contributed by atoms with E-state index in [1.54, 1.807) is 0 Å². The van der Waals surface area contributed by atoms with Gasteiger partial charge in [-0.2, -0.15) is 0 Å². The normalized spacial score (nSPS) is 11.8. The maximum atomic E-state index is 12.2. The first-order valence-corrected chi connectivity index (χ1v) is 12.3.